The Morgan fingerprint density at radius 1 is 0.507 bits per heavy atom. The van der Waals surface area contributed by atoms with Crippen LogP contribution < -0.4 is 64.2 Å². The van der Waals surface area contributed by atoms with Gasteiger partial charge in [-0.25, -0.2) is 0 Å². The number of fused-ring (bicyclic) bond motifs is 8. The lowest BCUT2D eigenvalue weighted by atomic mass is 9.92. The van der Waals surface area contributed by atoms with Gasteiger partial charge < -0.3 is 110 Å². The van der Waals surface area contributed by atoms with Crippen LogP contribution in [-0.2, 0) is 126 Å². The molecule has 0 spiro atoms. The predicted molar refractivity (Wildman–Crippen MR) is 533 cm³/mol. The van der Waals surface area contributed by atoms with Crippen LogP contribution in [0.4, 0.5) is 0 Å². The Kier molecular flexibility index (Phi) is 44.7. The standard InChI is InChI=1S/C96H134N20O25S3/c1-9-60-36-75(119)86(56(7)117)110-89(134)63(37-74(118)55(6)102-78(122)42-111(8)79(123)20-21-98-77(121)43-112-23-25-113(44-81(126)127)27-29-115(46-83(130)131)30-28-114(26-24-112)45-82(128)129)50-142-47-57-31-58-33-59(32-57)49-144-52-72(107-88(60)133)93(138)104-69(35-62-40-100-67-18-13-11-16-65(62)67)92(137)108-84(53(2)3)95(140)105-70(38-80(124)125)90(135)101-41-76(120)103-68(34-61-39-99-66-17-12-10-15-64(61)66)91(136)109-85(54(4)5)96(141)116-22-14-19-73(116)94(139)106-71(87(97)132)51-143-48-58/h10-13,15-18,31-33,39-40,53-56,60,63,68-73,84-86,99-100,117H,9,14,19-30,34-38,41-52H2,1-8H3,(H2,97,132)(H,98,121)(H,101,135)(H,102,122)(H,103,120)(H,104,138)(H,105,140)(H,106,139)(H,107,133)(H,108,137)(H,109,136)(H,110,134)(H,124,125)(H,126,127)(H,128,129)(H,130,131)/t55-,56+,60+,63-,68-,69-,70-,71-,72-,73-,84-,85-,86-/m0/s1. The van der Waals surface area contributed by atoms with Crippen molar-refractivity contribution in [2.24, 2.45) is 29.4 Å². The molecule has 2 saturated heterocycles. The Morgan fingerprint density at radius 2 is 0.993 bits per heavy atom. The Labute approximate surface area is 845 Å². The number of aromatic amines is 2. The monoisotopic (exact) mass is 2060 g/mol. The van der Waals surface area contributed by atoms with Crippen LogP contribution >= 0.6 is 35.3 Å². The molecule has 4 bridgehead atoms. The minimum atomic E-state index is -1.92. The second kappa shape index (κ2) is 56.0. The van der Waals surface area contributed by atoms with E-state index in [2.05, 4.69) is 68.5 Å². The van der Waals surface area contributed by atoms with Crippen molar-refractivity contribution in [3.63, 3.8) is 0 Å². The Morgan fingerprint density at radius 3 is 1.50 bits per heavy atom. The highest BCUT2D eigenvalue weighted by Gasteiger charge is 2.43. The smallest absolute Gasteiger partial charge is 0.317 e. The van der Waals surface area contributed by atoms with E-state index in [1.54, 1.807) is 101 Å². The van der Waals surface area contributed by atoms with Gasteiger partial charge in [0.15, 0.2) is 11.6 Å². The quantitative estimate of drug-likeness (QED) is 0.0258. The van der Waals surface area contributed by atoms with Gasteiger partial charge in [0.05, 0.1) is 63.8 Å². The fraction of sp³-hybridized carbons (Fsp3) is 0.562. The first-order valence-corrected chi connectivity index (χ1v) is 51.4. The maximum atomic E-state index is 15.5. The minimum absolute atomic E-state index is 0.0506. The van der Waals surface area contributed by atoms with Crippen LogP contribution in [0.5, 0.6) is 0 Å². The number of carboxylic acid groups (broad SMARTS) is 4. The number of rotatable bonds is 28. The van der Waals surface area contributed by atoms with Gasteiger partial charge in [-0.1, -0.05) is 89.2 Å². The van der Waals surface area contributed by atoms with Crippen LogP contribution in [0.15, 0.2) is 79.1 Å². The SMILES string of the molecule is CC[C@@H]1CC(=O)[C@H]([C@@H](C)O)NC(=O)[C@@H](CC(=O)[C@H](C)NC(=O)CN(C)C(=O)CCNC(=O)CN2CCN(CC(=O)O)CCN(CC(=O)O)CCN(CC(=O)O)CC2)CSCc2cc3cc(c2)CSC[C@H](NC1=O)C(=O)N[C@@H](Cc1c[nH]c2ccccc12)C(=O)N[C@@H](C(C)C)C(=O)N[C@@H](CC(=O)O)C(=O)NCC(=O)N[C@@H](Cc1c[nH]c2ccccc12)C(=O)N[C@@H](C(C)C)C(=O)N1CCC[C@H]1C(=O)N[C@H](C(N)=O)CSC3. The van der Waals surface area contributed by atoms with E-state index < -0.39 is 241 Å². The highest BCUT2D eigenvalue weighted by atomic mass is 32.2. The fourth-order valence-electron chi connectivity index (χ4n) is 17.3. The van der Waals surface area contributed by atoms with Crippen molar-refractivity contribution in [3.8, 4) is 0 Å². The summed E-state index contributed by atoms with van der Waals surface area (Å²) in [5.74, 6) is -22.7. The van der Waals surface area contributed by atoms with E-state index in [4.69, 9.17) is 5.73 Å². The number of ketones is 2. The number of carboxylic acids is 4. The molecule has 2 aromatic heterocycles. The molecule has 5 aromatic rings. The number of nitrogens with two attached hydrogens (primary N) is 1. The van der Waals surface area contributed by atoms with Crippen LogP contribution in [0.1, 0.15) is 121 Å². The van der Waals surface area contributed by atoms with Crippen LogP contribution in [0.3, 0.4) is 0 Å². The number of primary amides is 1. The number of Topliss-reactive ketones (excluding diaryl/α,β-unsaturated/α-hetero) is 2. The number of benzene rings is 3. The van der Waals surface area contributed by atoms with Gasteiger partial charge in [-0.05, 0) is 84.9 Å². The third kappa shape index (κ3) is 35.7. The molecule has 3 aromatic carbocycles. The third-order valence-electron chi connectivity index (χ3n) is 25.3. The van der Waals surface area contributed by atoms with E-state index in [0.29, 0.717) is 56.0 Å². The molecule has 45 nitrogen and oxygen atoms in total. The van der Waals surface area contributed by atoms with E-state index in [-0.39, 0.29) is 158 Å². The van der Waals surface area contributed by atoms with Crippen molar-refractivity contribution >= 4 is 175 Å². The Balaban J connectivity index is 0.981. The summed E-state index contributed by atoms with van der Waals surface area (Å²) < 4.78 is 0. The summed E-state index contributed by atoms with van der Waals surface area (Å²) in [6, 6.07) is 4.63. The highest BCUT2D eigenvalue weighted by Crippen LogP contribution is 2.30. The highest BCUT2D eigenvalue weighted by molar-refractivity contribution is 7.99. The van der Waals surface area contributed by atoms with Crippen LogP contribution in [0.2, 0.25) is 0 Å². The topological polar surface area (TPSA) is 652 Å². The summed E-state index contributed by atoms with van der Waals surface area (Å²) in [5, 5.41) is 80.9. The maximum Gasteiger partial charge on any atom is 0.317 e. The predicted octanol–water partition coefficient (Wildman–Crippen LogP) is -1.99. The zero-order valence-corrected chi connectivity index (χ0v) is 84.4. The molecule has 0 aliphatic carbocycles. The van der Waals surface area contributed by atoms with Gasteiger partial charge >= 0.3 is 23.9 Å². The van der Waals surface area contributed by atoms with Gasteiger partial charge in [0.25, 0.3) is 0 Å². The number of carbonyl (C=O) groups excluding carboxylic acids is 16. The summed E-state index contributed by atoms with van der Waals surface area (Å²) in [4.78, 5) is 295. The molecule has 144 heavy (non-hydrogen) atoms. The molecule has 4 aliphatic heterocycles. The molecule has 4 aliphatic rings. The number of aliphatic hydroxyl groups is 1. The molecular formula is C96H134N20O25S3. The summed E-state index contributed by atoms with van der Waals surface area (Å²) >= 11 is 3.55. The van der Waals surface area contributed by atoms with E-state index in [0.717, 1.165) is 16.7 Å². The molecule has 9 rings (SSSR count). The first-order valence-electron chi connectivity index (χ1n) is 48.0. The molecule has 14 amide bonds. The van der Waals surface area contributed by atoms with Crippen LogP contribution in [0, 0.1) is 23.7 Å². The molecule has 2 fully saturated rings. The average molecular weight is 2060 g/mol. The zero-order valence-electron chi connectivity index (χ0n) is 82.0. The number of thioether (sulfide) groups is 3. The molecule has 786 valence electrons. The number of nitrogens with zero attached hydrogens (tertiary/aromatic N) is 6. The van der Waals surface area contributed by atoms with Crippen molar-refractivity contribution in [2.75, 3.05) is 129 Å². The first-order chi connectivity index (χ1) is 68.4. The molecule has 13 atom stereocenters. The lowest BCUT2D eigenvalue weighted by Crippen LogP contribution is -2.61. The summed E-state index contributed by atoms with van der Waals surface area (Å²) in [6.45, 7) is 8.79. The molecular weight excluding hydrogens is 1930 g/mol. The van der Waals surface area contributed by atoms with E-state index in [1.807, 2.05) is 18.2 Å². The van der Waals surface area contributed by atoms with Crippen molar-refractivity contribution < 1.29 is 121 Å². The number of hydrogen-bond donors (Lipinski definition) is 19. The molecule has 6 heterocycles. The van der Waals surface area contributed by atoms with Crippen LogP contribution in [-0.4, -0.2) is 379 Å². The number of para-hydroxylation sites is 2. The number of amides is 14. The maximum absolute atomic E-state index is 15.5. The normalized spacial score (nSPS) is 23.4. The molecule has 20 N–H and O–H groups in total. The van der Waals surface area contributed by atoms with Gasteiger partial charge in [0.1, 0.15) is 54.4 Å². The number of likely N-dealkylation sites (N-methyl/N-ethyl adjacent to an activating group) is 1. The summed E-state index contributed by atoms with van der Waals surface area (Å²) in [6.07, 6.45) is -1.03. The fourth-order valence-corrected chi connectivity index (χ4v) is 20.3. The largest absolute Gasteiger partial charge is 0.481 e. The van der Waals surface area contributed by atoms with Crippen molar-refractivity contribution in [3.05, 3.63) is 107 Å². The number of aromatic nitrogens is 2. The second-order valence-corrected chi connectivity index (χ2v) is 40.4. The van der Waals surface area contributed by atoms with Crippen molar-refractivity contribution in [1.29, 1.82) is 0 Å². The van der Waals surface area contributed by atoms with Gasteiger partial charge in [0.2, 0.25) is 82.7 Å². The Hall–Kier alpha value is -12.6. The van der Waals surface area contributed by atoms with Gasteiger partial charge in [-0.3, -0.25) is 115 Å². The number of hydrogen-bond acceptors (Lipinski definition) is 28. The number of nitrogens with one attached hydrogen (secondary N) is 13. The second-order valence-electron chi connectivity index (χ2n) is 37.4. The minimum Gasteiger partial charge on any atom is -0.481 e. The van der Waals surface area contributed by atoms with Gasteiger partial charge in [0, 0.05) is 179 Å². The molecule has 0 unspecified atom stereocenters. The third-order valence-corrected chi connectivity index (χ3v) is 28.7. The number of aliphatic carboxylic acids is 4. The van der Waals surface area contributed by atoms with Gasteiger partial charge in [-0.2, -0.15) is 35.3 Å². The van der Waals surface area contributed by atoms with Crippen LogP contribution in [0.25, 0.3) is 21.8 Å². The number of carbonyl (C=O) groups is 20. The summed E-state index contributed by atoms with van der Waals surface area (Å²) in [5.41, 5.74) is 10.3. The Bertz CT molecular complexity index is 5410. The lowest BCUT2D eigenvalue weighted by Gasteiger charge is -2.32. The average Bonchev–Trinajstić information content (AvgIpc) is 1.69. The summed E-state index contributed by atoms with van der Waals surface area (Å²) in [7, 11) is 1.32. The number of H-pyrrole nitrogens is 2. The first kappa shape index (κ1) is 115. The van der Waals surface area contributed by atoms with Gasteiger partial charge in [-0.15, -0.1) is 0 Å². The van der Waals surface area contributed by atoms with E-state index >= 15 is 14.4 Å². The molecule has 0 radical (unpaired) electrons. The van der Waals surface area contributed by atoms with E-state index in [9.17, 15) is 107 Å². The van der Waals surface area contributed by atoms with E-state index in [1.165, 1.54) is 63.2 Å². The molecule has 0 saturated carbocycles. The zero-order chi connectivity index (χ0) is 105. The van der Waals surface area contributed by atoms with Crippen molar-refractivity contribution in [1.82, 2.24) is 97.9 Å². The lowest BCUT2D eigenvalue weighted by molar-refractivity contribution is -0.143. The number of aliphatic hydroxyl groups excluding tert-OH is 1. The van der Waals surface area contributed by atoms with Crippen molar-refractivity contribution in [2.45, 2.75) is 190 Å². The molecule has 48 heteroatoms.